The maximum atomic E-state index is 14.1. The van der Waals surface area contributed by atoms with Gasteiger partial charge < -0.3 is 29.4 Å². The number of halogens is 3. The minimum absolute atomic E-state index is 0.00862. The lowest BCUT2D eigenvalue weighted by atomic mass is 9.99. The van der Waals surface area contributed by atoms with Crippen LogP contribution in [0.25, 0.3) is 33.3 Å². The van der Waals surface area contributed by atoms with Crippen LogP contribution in [0.1, 0.15) is 44.1 Å². The van der Waals surface area contributed by atoms with Crippen LogP contribution in [0.3, 0.4) is 0 Å². The third-order valence-corrected chi connectivity index (χ3v) is 8.69. The summed E-state index contributed by atoms with van der Waals surface area (Å²) in [7, 11) is 1.83. The minimum atomic E-state index is -3.00. The van der Waals surface area contributed by atoms with Crippen molar-refractivity contribution < 1.29 is 27.8 Å². The van der Waals surface area contributed by atoms with E-state index in [1.807, 2.05) is 17.7 Å². The Labute approximate surface area is 257 Å². The van der Waals surface area contributed by atoms with Gasteiger partial charge in [0.15, 0.2) is 11.6 Å². The number of rotatable bonds is 10. The standard InChI is InChI=1S/C32H32F3N5O3S/c1-18(30-38-23-15-20(9-10-26(23)40(30)2)42-27-8-4-3-7-21(27)33)29(41)25-13-19-14-28(43-31(34)35)24(16-22(19)37-25)36-17-32(39-44)11-5-6-12-32/h3-4,7-10,13-16,31,36-37,39,41,44H,5-6,11-12,17H2,1-2H3. The highest BCUT2D eigenvalue weighted by Crippen LogP contribution is 2.37. The summed E-state index contributed by atoms with van der Waals surface area (Å²) in [5.41, 5.74) is 3.04. The number of fused-ring (bicyclic) bond motifs is 2. The van der Waals surface area contributed by atoms with Crippen LogP contribution >= 0.6 is 12.8 Å². The summed E-state index contributed by atoms with van der Waals surface area (Å²) < 4.78 is 56.2. The first-order valence-electron chi connectivity index (χ1n) is 14.2. The van der Waals surface area contributed by atoms with Crippen molar-refractivity contribution in [1.29, 1.82) is 0 Å². The molecule has 0 amide bonds. The second kappa shape index (κ2) is 12.0. The summed E-state index contributed by atoms with van der Waals surface area (Å²) >= 11 is 4.31. The van der Waals surface area contributed by atoms with Crippen LogP contribution in [0, 0.1) is 5.82 Å². The van der Waals surface area contributed by atoms with Crippen LogP contribution < -0.4 is 19.5 Å². The van der Waals surface area contributed by atoms with Crippen LogP contribution in [-0.2, 0) is 7.05 Å². The number of hydrogen-bond acceptors (Lipinski definition) is 7. The fourth-order valence-electron chi connectivity index (χ4n) is 5.80. The van der Waals surface area contributed by atoms with Gasteiger partial charge in [0.1, 0.15) is 23.1 Å². The fraction of sp³-hybridized carbons (Fsp3) is 0.281. The van der Waals surface area contributed by atoms with Crippen LogP contribution in [0.15, 0.2) is 60.7 Å². The highest BCUT2D eigenvalue weighted by Gasteiger charge is 2.32. The number of aliphatic hydroxyl groups is 1. The van der Waals surface area contributed by atoms with Gasteiger partial charge >= 0.3 is 6.61 Å². The Bertz CT molecular complexity index is 1860. The van der Waals surface area contributed by atoms with Gasteiger partial charge in [-0.15, -0.1) is 0 Å². The smallest absolute Gasteiger partial charge is 0.387 e. The van der Waals surface area contributed by atoms with Gasteiger partial charge in [0, 0.05) is 41.7 Å². The number of aromatic nitrogens is 3. The molecule has 2 aromatic heterocycles. The lowest BCUT2D eigenvalue weighted by molar-refractivity contribution is -0.0492. The van der Waals surface area contributed by atoms with E-state index in [-0.39, 0.29) is 22.8 Å². The molecule has 1 aliphatic rings. The van der Waals surface area contributed by atoms with Gasteiger partial charge in [-0.05, 0) is 62.2 Å². The molecular weight excluding hydrogens is 591 g/mol. The van der Waals surface area contributed by atoms with Crippen LogP contribution in [0.5, 0.6) is 17.2 Å². The quantitative estimate of drug-likeness (QED) is 0.0795. The maximum absolute atomic E-state index is 14.1. The molecule has 8 nitrogen and oxygen atoms in total. The first kappa shape index (κ1) is 29.8. The molecular formula is C32H32F3N5O3S. The molecule has 12 heteroatoms. The van der Waals surface area contributed by atoms with E-state index >= 15 is 0 Å². The summed E-state index contributed by atoms with van der Waals surface area (Å²) in [6.07, 6.45) is 3.97. The molecule has 0 spiro atoms. The number of aryl methyl sites for hydroxylation is 1. The van der Waals surface area contributed by atoms with E-state index in [2.05, 4.69) is 27.8 Å². The molecule has 44 heavy (non-hydrogen) atoms. The van der Waals surface area contributed by atoms with Gasteiger partial charge in [0.25, 0.3) is 0 Å². The average Bonchev–Trinajstić information content (AvgIpc) is 3.73. The molecule has 230 valence electrons. The molecule has 6 rings (SSSR count). The number of aliphatic hydroxyl groups excluding tert-OH is 1. The first-order chi connectivity index (χ1) is 21.2. The minimum Gasteiger partial charge on any atom is -0.505 e. The number of thiol groups is 1. The number of H-pyrrole nitrogens is 1. The molecule has 0 unspecified atom stereocenters. The Balaban J connectivity index is 1.31. The number of para-hydroxylation sites is 1. The van der Waals surface area contributed by atoms with E-state index in [4.69, 9.17) is 14.5 Å². The Kier molecular flexibility index (Phi) is 8.12. The average molecular weight is 624 g/mol. The van der Waals surface area contributed by atoms with Gasteiger partial charge in [-0.25, -0.2) is 9.37 Å². The largest absolute Gasteiger partial charge is 0.505 e. The van der Waals surface area contributed by atoms with Gasteiger partial charge in [0.05, 0.1) is 22.4 Å². The van der Waals surface area contributed by atoms with Crippen molar-refractivity contribution in [2.24, 2.45) is 7.05 Å². The maximum Gasteiger partial charge on any atom is 0.387 e. The number of alkyl halides is 2. The molecule has 0 saturated heterocycles. The monoisotopic (exact) mass is 623 g/mol. The van der Waals surface area contributed by atoms with E-state index in [0.717, 1.165) is 31.2 Å². The Morgan fingerprint density at radius 3 is 2.61 bits per heavy atom. The molecule has 0 radical (unpaired) electrons. The molecule has 2 heterocycles. The van der Waals surface area contributed by atoms with Crippen LogP contribution in [0.2, 0.25) is 0 Å². The summed E-state index contributed by atoms with van der Waals surface area (Å²) in [6.45, 7) is -0.775. The lowest BCUT2D eigenvalue weighted by Gasteiger charge is -2.29. The normalized spacial score (nSPS) is 15.2. The highest BCUT2D eigenvalue weighted by molar-refractivity contribution is 7.78. The third-order valence-electron chi connectivity index (χ3n) is 8.21. The molecule has 3 aromatic carbocycles. The van der Waals surface area contributed by atoms with Crippen molar-refractivity contribution in [2.45, 2.75) is 44.8 Å². The highest BCUT2D eigenvalue weighted by atomic mass is 32.1. The van der Waals surface area contributed by atoms with Crippen molar-refractivity contribution in [3.05, 3.63) is 78.0 Å². The zero-order valence-corrected chi connectivity index (χ0v) is 25.0. The number of anilines is 1. The predicted molar refractivity (Wildman–Crippen MR) is 169 cm³/mol. The summed E-state index contributed by atoms with van der Waals surface area (Å²) in [5, 5.41) is 15.2. The number of aromatic amines is 1. The number of nitrogens with one attached hydrogen (secondary N) is 3. The SMILES string of the molecule is CC(=C(O)c1cc2cc(OC(F)F)c(NCC3(NS)CCCC3)cc2[nH]1)c1nc2cc(Oc3ccccc3F)ccc2n1C. The summed E-state index contributed by atoms with van der Waals surface area (Å²) in [5.74, 6) is 0.507. The Morgan fingerprint density at radius 2 is 1.89 bits per heavy atom. The van der Waals surface area contributed by atoms with E-state index in [1.54, 1.807) is 49.4 Å². The summed E-state index contributed by atoms with van der Waals surface area (Å²) in [6, 6.07) is 16.3. The number of ether oxygens (including phenoxy) is 2. The van der Waals surface area contributed by atoms with Gasteiger partial charge in [-0.3, -0.25) is 4.72 Å². The third kappa shape index (κ3) is 5.79. The van der Waals surface area contributed by atoms with Gasteiger partial charge in [-0.2, -0.15) is 8.78 Å². The number of allylic oxidation sites excluding steroid dienone is 1. The van der Waals surface area contributed by atoms with Crippen molar-refractivity contribution in [3.63, 3.8) is 0 Å². The van der Waals surface area contributed by atoms with Crippen molar-refractivity contribution in [1.82, 2.24) is 19.3 Å². The predicted octanol–water partition coefficient (Wildman–Crippen LogP) is 8.19. The van der Waals surface area contributed by atoms with Gasteiger partial charge in [0.2, 0.25) is 0 Å². The number of benzene rings is 3. The molecule has 0 aliphatic heterocycles. The van der Waals surface area contributed by atoms with Crippen LogP contribution in [-0.4, -0.2) is 38.3 Å². The molecule has 1 saturated carbocycles. The molecule has 1 aliphatic carbocycles. The topological polar surface area (TPSA) is 96.4 Å². The summed E-state index contributed by atoms with van der Waals surface area (Å²) in [4.78, 5) is 7.91. The molecule has 1 fully saturated rings. The molecule has 0 bridgehead atoms. The van der Waals surface area contributed by atoms with Crippen molar-refractivity contribution in [2.75, 3.05) is 11.9 Å². The molecule has 0 atom stereocenters. The first-order valence-corrected chi connectivity index (χ1v) is 14.7. The molecule has 5 aromatic rings. The van der Waals surface area contributed by atoms with Gasteiger partial charge in [-0.1, -0.05) is 37.8 Å². The Morgan fingerprint density at radius 1 is 1.11 bits per heavy atom. The molecule has 4 N–H and O–H groups in total. The van der Waals surface area contributed by atoms with E-state index in [0.29, 0.717) is 51.5 Å². The van der Waals surface area contributed by atoms with Crippen molar-refractivity contribution >= 4 is 51.8 Å². The number of nitrogens with zero attached hydrogens (tertiary/aromatic N) is 2. The van der Waals surface area contributed by atoms with Crippen LogP contribution in [0.4, 0.5) is 18.9 Å². The lowest BCUT2D eigenvalue weighted by Crippen LogP contribution is -2.43. The second-order valence-corrected chi connectivity index (χ2v) is 11.3. The van der Waals surface area contributed by atoms with E-state index in [9.17, 15) is 18.3 Å². The number of imidazole rings is 1. The van der Waals surface area contributed by atoms with E-state index < -0.39 is 12.4 Å². The van der Waals surface area contributed by atoms with E-state index in [1.165, 1.54) is 12.1 Å². The number of hydrogen-bond donors (Lipinski definition) is 5. The van der Waals surface area contributed by atoms with Crippen molar-refractivity contribution in [3.8, 4) is 17.2 Å². The zero-order chi connectivity index (χ0) is 31.0. The second-order valence-electron chi connectivity index (χ2n) is 11.1. The Hall–Kier alpha value is -4.29. The zero-order valence-electron chi connectivity index (χ0n) is 24.1. The fourth-order valence-corrected chi connectivity index (χ4v) is 6.11.